The van der Waals surface area contributed by atoms with Crippen molar-refractivity contribution in [3.05, 3.63) is 65.0 Å². The Kier molecular flexibility index (Phi) is 4.49. The monoisotopic (exact) mass is 310 g/mol. The van der Waals surface area contributed by atoms with Gasteiger partial charge in [0.1, 0.15) is 0 Å². The van der Waals surface area contributed by atoms with Crippen LogP contribution in [0.1, 0.15) is 18.9 Å². The average molecular weight is 310 g/mol. The maximum absolute atomic E-state index is 12.2. The van der Waals surface area contributed by atoms with Gasteiger partial charge in [0, 0.05) is 6.54 Å². The summed E-state index contributed by atoms with van der Waals surface area (Å²) in [5, 5.41) is 0. The van der Waals surface area contributed by atoms with Gasteiger partial charge in [-0.2, -0.15) is 4.99 Å². The van der Waals surface area contributed by atoms with Crippen molar-refractivity contribution in [1.29, 1.82) is 0 Å². The van der Waals surface area contributed by atoms with Crippen LogP contribution in [0.4, 0.5) is 0 Å². The summed E-state index contributed by atoms with van der Waals surface area (Å²) in [5.41, 5.74) is 2.15. The molecule has 1 aromatic heterocycles. The topological polar surface area (TPSA) is 34.4 Å². The van der Waals surface area contributed by atoms with Crippen molar-refractivity contribution in [2.45, 2.75) is 26.3 Å². The maximum atomic E-state index is 12.2. The second kappa shape index (κ2) is 6.71. The van der Waals surface area contributed by atoms with Crippen molar-refractivity contribution in [2.75, 3.05) is 0 Å². The Balaban J connectivity index is 1.97. The van der Waals surface area contributed by atoms with Crippen LogP contribution < -0.4 is 4.80 Å². The van der Waals surface area contributed by atoms with E-state index < -0.39 is 0 Å². The Morgan fingerprint density at radius 3 is 2.59 bits per heavy atom. The summed E-state index contributed by atoms with van der Waals surface area (Å²) in [6, 6.07) is 18.0. The summed E-state index contributed by atoms with van der Waals surface area (Å²) in [6.07, 6.45) is 1.36. The van der Waals surface area contributed by atoms with Crippen LogP contribution in [0, 0.1) is 0 Å². The molecule has 0 spiro atoms. The van der Waals surface area contributed by atoms with E-state index in [0.717, 1.165) is 28.8 Å². The van der Waals surface area contributed by atoms with E-state index in [1.165, 1.54) is 4.70 Å². The van der Waals surface area contributed by atoms with Crippen molar-refractivity contribution in [2.24, 2.45) is 4.99 Å². The quantitative estimate of drug-likeness (QED) is 0.722. The van der Waals surface area contributed by atoms with Crippen LogP contribution in [0.2, 0.25) is 0 Å². The number of thiazole rings is 1. The normalized spacial score (nSPS) is 12.0. The molecule has 0 atom stereocenters. The Morgan fingerprint density at radius 2 is 1.82 bits per heavy atom. The molecular formula is C18H18N2OS. The lowest BCUT2D eigenvalue weighted by molar-refractivity contribution is -0.117. The highest BCUT2D eigenvalue weighted by molar-refractivity contribution is 7.16. The molecule has 112 valence electrons. The Morgan fingerprint density at radius 1 is 1.09 bits per heavy atom. The van der Waals surface area contributed by atoms with Crippen LogP contribution in [-0.2, 0) is 17.8 Å². The van der Waals surface area contributed by atoms with Gasteiger partial charge in [-0.15, -0.1) is 0 Å². The number of aromatic nitrogens is 1. The lowest BCUT2D eigenvalue weighted by atomic mass is 10.1. The number of nitrogens with zero attached hydrogens (tertiary/aromatic N) is 2. The molecule has 0 radical (unpaired) electrons. The number of hydrogen-bond acceptors (Lipinski definition) is 2. The van der Waals surface area contributed by atoms with Crippen molar-refractivity contribution in [1.82, 2.24) is 4.57 Å². The zero-order valence-electron chi connectivity index (χ0n) is 12.5. The molecular weight excluding hydrogens is 292 g/mol. The number of rotatable bonds is 4. The predicted molar refractivity (Wildman–Crippen MR) is 90.8 cm³/mol. The first-order valence-corrected chi connectivity index (χ1v) is 8.29. The van der Waals surface area contributed by atoms with Crippen LogP contribution in [-0.4, -0.2) is 10.5 Å². The van der Waals surface area contributed by atoms with Crippen LogP contribution in [0.15, 0.2) is 59.6 Å². The highest BCUT2D eigenvalue weighted by Gasteiger charge is 2.07. The molecule has 2 aromatic carbocycles. The Hall–Kier alpha value is -2.20. The van der Waals surface area contributed by atoms with Gasteiger partial charge >= 0.3 is 0 Å². The van der Waals surface area contributed by atoms with E-state index in [2.05, 4.69) is 28.6 Å². The maximum Gasteiger partial charge on any atom is 0.252 e. The second-order valence-corrected chi connectivity index (χ2v) is 6.18. The summed E-state index contributed by atoms with van der Waals surface area (Å²) in [6.45, 7) is 3.01. The number of para-hydroxylation sites is 1. The fourth-order valence-electron chi connectivity index (χ4n) is 2.46. The SMILES string of the molecule is CCCn1c(=NC(=O)Cc2ccccc2)sc2ccccc21. The number of carbonyl (C=O) groups is 1. The van der Waals surface area contributed by atoms with Gasteiger partial charge in [0.2, 0.25) is 0 Å². The molecule has 3 nitrogen and oxygen atoms in total. The van der Waals surface area contributed by atoms with Crippen molar-refractivity contribution in [3.63, 3.8) is 0 Å². The highest BCUT2D eigenvalue weighted by Crippen LogP contribution is 2.17. The third-order valence-electron chi connectivity index (χ3n) is 3.45. The molecule has 0 aliphatic rings. The molecule has 3 rings (SSSR count). The first-order valence-electron chi connectivity index (χ1n) is 7.48. The fraction of sp³-hybridized carbons (Fsp3) is 0.222. The molecule has 0 N–H and O–H groups in total. The van der Waals surface area contributed by atoms with Crippen LogP contribution >= 0.6 is 11.3 Å². The number of hydrogen-bond donors (Lipinski definition) is 0. The van der Waals surface area contributed by atoms with Gasteiger partial charge in [-0.1, -0.05) is 60.7 Å². The number of carbonyl (C=O) groups excluding carboxylic acids is 1. The molecule has 0 saturated heterocycles. The van der Waals surface area contributed by atoms with E-state index in [4.69, 9.17) is 0 Å². The van der Waals surface area contributed by atoms with E-state index >= 15 is 0 Å². The lowest BCUT2D eigenvalue weighted by Crippen LogP contribution is -2.17. The smallest absolute Gasteiger partial charge is 0.252 e. The van der Waals surface area contributed by atoms with Crippen molar-refractivity contribution in [3.8, 4) is 0 Å². The van der Waals surface area contributed by atoms with Gasteiger partial charge in [0.25, 0.3) is 5.91 Å². The average Bonchev–Trinajstić information content (AvgIpc) is 2.86. The number of amides is 1. The molecule has 0 unspecified atom stereocenters. The molecule has 4 heteroatoms. The van der Waals surface area contributed by atoms with Crippen LogP contribution in [0.5, 0.6) is 0 Å². The highest BCUT2D eigenvalue weighted by atomic mass is 32.1. The minimum Gasteiger partial charge on any atom is -0.316 e. The first kappa shape index (κ1) is 14.7. The summed E-state index contributed by atoms with van der Waals surface area (Å²) in [7, 11) is 0. The molecule has 3 aromatic rings. The first-order chi connectivity index (χ1) is 10.8. The minimum absolute atomic E-state index is 0.0948. The number of fused-ring (bicyclic) bond motifs is 1. The summed E-state index contributed by atoms with van der Waals surface area (Å²) in [5.74, 6) is -0.0948. The molecule has 0 aliphatic carbocycles. The van der Waals surface area contributed by atoms with Gasteiger partial charge < -0.3 is 4.57 Å². The molecule has 22 heavy (non-hydrogen) atoms. The molecule has 0 aliphatic heterocycles. The van der Waals surface area contributed by atoms with Gasteiger partial charge in [-0.3, -0.25) is 4.79 Å². The third kappa shape index (κ3) is 3.17. The summed E-state index contributed by atoms with van der Waals surface area (Å²) in [4.78, 5) is 17.4. The minimum atomic E-state index is -0.0948. The zero-order valence-corrected chi connectivity index (χ0v) is 13.3. The second-order valence-electron chi connectivity index (χ2n) is 5.17. The number of benzene rings is 2. The lowest BCUT2D eigenvalue weighted by Gasteiger charge is -2.02. The van der Waals surface area contributed by atoms with E-state index in [9.17, 15) is 4.79 Å². The van der Waals surface area contributed by atoms with Crippen molar-refractivity contribution < 1.29 is 4.79 Å². The van der Waals surface area contributed by atoms with Crippen LogP contribution in [0.25, 0.3) is 10.2 Å². The predicted octanol–water partition coefficient (Wildman–Crippen LogP) is 3.78. The summed E-state index contributed by atoms with van der Waals surface area (Å²) < 4.78 is 3.31. The molecule has 1 heterocycles. The van der Waals surface area contributed by atoms with E-state index in [1.807, 2.05) is 42.5 Å². The largest absolute Gasteiger partial charge is 0.316 e. The van der Waals surface area contributed by atoms with Gasteiger partial charge in [-0.05, 0) is 24.1 Å². The third-order valence-corrected chi connectivity index (χ3v) is 4.51. The van der Waals surface area contributed by atoms with Gasteiger partial charge in [0.15, 0.2) is 4.80 Å². The van der Waals surface area contributed by atoms with Crippen LogP contribution in [0.3, 0.4) is 0 Å². The Bertz CT molecular complexity index is 846. The number of aryl methyl sites for hydroxylation is 1. The molecule has 0 bridgehead atoms. The molecule has 1 amide bonds. The summed E-state index contributed by atoms with van der Waals surface area (Å²) >= 11 is 1.58. The zero-order chi connectivity index (χ0) is 15.4. The van der Waals surface area contributed by atoms with Gasteiger partial charge in [0.05, 0.1) is 16.6 Å². The standard InChI is InChI=1S/C18H18N2OS/c1-2-12-20-15-10-6-7-11-16(15)22-18(20)19-17(21)13-14-8-4-3-5-9-14/h3-11H,2,12-13H2,1H3. The van der Waals surface area contributed by atoms with E-state index in [-0.39, 0.29) is 5.91 Å². The Labute approximate surface area is 133 Å². The fourth-order valence-corrected chi connectivity index (χ4v) is 3.54. The molecule has 0 fully saturated rings. The van der Waals surface area contributed by atoms with E-state index in [0.29, 0.717) is 6.42 Å². The molecule has 0 saturated carbocycles. The van der Waals surface area contributed by atoms with Gasteiger partial charge in [-0.25, -0.2) is 0 Å². The van der Waals surface area contributed by atoms with E-state index in [1.54, 1.807) is 11.3 Å². The van der Waals surface area contributed by atoms with Crippen molar-refractivity contribution >= 4 is 27.5 Å².